The molecule has 2 rings (SSSR count). The third kappa shape index (κ3) is 6.01. The first-order valence-electron chi connectivity index (χ1n) is 9.48. The first-order chi connectivity index (χ1) is 12.9. The molecule has 6 nitrogen and oxygen atoms in total. The largest absolute Gasteiger partial charge is 0.497 e. The minimum Gasteiger partial charge on any atom is -0.497 e. The molecule has 27 heavy (non-hydrogen) atoms. The quantitative estimate of drug-likeness (QED) is 0.544. The number of ether oxygens (including phenoxy) is 1. The summed E-state index contributed by atoms with van der Waals surface area (Å²) in [6.45, 7) is 12.6. The van der Waals surface area contributed by atoms with E-state index in [0.717, 1.165) is 36.3 Å². The van der Waals surface area contributed by atoms with Gasteiger partial charge >= 0.3 is 0 Å². The molecule has 0 atom stereocenters. The molecule has 6 heteroatoms. The number of hydrogen-bond acceptors (Lipinski definition) is 4. The number of aliphatic imine (C=N–C) groups is 1. The van der Waals surface area contributed by atoms with Crippen molar-refractivity contribution in [1.29, 1.82) is 0 Å². The van der Waals surface area contributed by atoms with Crippen LogP contribution in [0.3, 0.4) is 0 Å². The number of guanidine groups is 1. The summed E-state index contributed by atoms with van der Waals surface area (Å²) in [5.74, 6) is 2.74. The van der Waals surface area contributed by atoms with E-state index in [0.29, 0.717) is 12.5 Å². The van der Waals surface area contributed by atoms with Crippen molar-refractivity contribution in [2.45, 2.75) is 52.5 Å². The van der Waals surface area contributed by atoms with Crippen LogP contribution in [0.5, 0.6) is 5.75 Å². The van der Waals surface area contributed by atoms with E-state index in [2.05, 4.69) is 67.5 Å². The summed E-state index contributed by atoms with van der Waals surface area (Å²) < 4.78 is 10.7. The molecule has 0 fully saturated rings. The monoisotopic (exact) mass is 372 g/mol. The second-order valence-corrected chi connectivity index (χ2v) is 7.54. The van der Waals surface area contributed by atoms with Crippen molar-refractivity contribution in [1.82, 2.24) is 15.8 Å². The Morgan fingerprint density at radius 2 is 2.04 bits per heavy atom. The number of hydrogen-bond donors (Lipinski definition) is 2. The SMILES string of the molecule is CCNC(=NCc1cc(C(C)C)no1)NCC(C)(C)c1cccc(OC)c1. The Labute approximate surface area is 162 Å². The van der Waals surface area contributed by atoms with Gasteiger partial charge in [0.05, 0.1) is 12.8 Å². The summed E-state index contributed by atoms with van der Waals surface area (Å²) in [5, 5.41) is 10.8. The molecule has 0 aliphatic heterocycles. The summed E-state index contributed by atoms with van der Waals surface area (Å²) in [4.78, 5) is 4.62. The van der Waals surface area contributed by atoms with E-state index in [1.54, 1.807) is 7.11 Å². The van der Waals surface area contributed by atoms with Gasteiger partial charge in [0.25, 0.3) is 0 Å². The van der Waals surface area contributed by atoms with Gasteiger partial charge in [0.15, 0.2) is 11.7 Å². The number of methoxy groups -OCH3 is 1. The van der Waals surface area contributed by atoms with E-state index in [1.807, 2.05) is 18.2 Å². The molecule has 0 radical (unpaired) electrons. The van der Waals surface area contributed by atoms with Gasteiger partial charge in [-0.05, 0) is 30.5 Å². The van der Waals surface area contributed by atoms with E-state index in [1.165, 1.54) is 5.56 Å². The Morgan fingerprint density at radius 1 is 1.26 bits per heavy atom. The maximum absolute atomic E-state index is 5.37. The van der Waals surface area contributed by atoms with Crippen LogP contribution in [0.4, 0.5) is 0 Å². The van der Waals surface area contributed by atoms with Crippen LogP contribution >= 0.6 is 0 Å². The highest BCUT2D eigenvalue weighted by atomic mass is 16.5. The van der Waals surface area contributed by atoms with E-state index in [-0.39, 0.29) is 5.41 Å². The van der Waals surface area contributed by atoms with Crippen molar-refractivity contribution < 1.29 is 9.26 Å². The highest BCUT2D eigenvalue weighted by Gasteiger charge is 2.21. The predicted molar refractivity (Wildman–Crippen MR) is 109 cm³/mol. The lowest BCUT2D eigenvalue weighted by Gasteiger charge is -2.27. The van der Waals surface area contributed by atoms with Crippen LogP contribution < -0.4 is 15.4 Å². The van der Waals surface area contributed by atoms with Crippen LogP contribution in [-0.4, -0.2) is 31.3 Å². The van der Waals surface area contributed by atoms with Crippen molar-refractivity contribution in [2.24, 2.45) is 4.99 Å². The second-order valence-electron chi connectivity index (χ2n) is 7.54. The molecule has 148 valence electrons. The smallest absolute Gasteiger partial charge is 0.191 e. The summed E-state index contributed by atoms with van der Waals surface area (Å²) >= 11 is 0. The third-order valence-electron chi connectivity index (χ3n) is 4.45. The highest BCUT2D eigenvalue weighted by molar-refractivity contribution is 5.79. The average molecular weight is 373 g/mol. The Morgan fingerprint density at radius 3 is 2.67 bits per heavy atom. The molecule has 0 spiro atoms. The molecular formula is C21H32N4O2. The molecular weight excluding hydrogens is 340 g/mol. The van der Waals surface area contributed by atoms with Crippen LogP contribution in [-0.2, 0) is 12.0 Å². The lowest BCUT2D eigenvalue weighted by Crippen LogP contribution is -2.43. The van der Waals surface area contributed by atoms with E-state index >= 15 is 0 Å². The fourth-order valence-corrected chi connectivity index (χ4v) is 2.63. The van der Waals surface area contributed by atoms with Gasteiger partial charge in [-0.25, -0.2) is 4.99 Å². The summed E-state index contributed by atoms with van der Waals surface area (Å²) in [6, 6.07) is 10.1. The van der Waals surface area contributed by atoms with Gasteiger partial charge in [0, 0.05) is 24.6 Å². The Kier molecular flexibility index (Phi) is 7.28. The molecule has 0 bridgehead atoms. The fourth-order valence-electron chi connectivity index (χ4n) is 2.63. The van der Waals surface area contributed by atoms with Crippen LogP contribution in [0.25, 0.3) is 0 Å². The van der Waals surface area contributed by atoms with Gasteiger partial charge < -0.3 is 19.9 Å². The molecule has 0 aliphatic carbocycles. The molecule has 2 aromatic rings. The summed E-state index contributed by atoms with van der Waals surface area (Å²) in [6.07, 6.45) is 0. The first-order valence-corrected chi connectivity index (χ1v) is 9.48. The number of aromatic nitrogens is 1. The van der Waals surface area contributed by atoms with Crippen molar-refractivity contribution >= 4 is 5.96 Å². The number of rotatable bonds is 8. The number of benzene rings is 1. The van der Waals surface area contributed by atoms with Gasteiger partial charge in [-0.15, -0.1) is 0 Å². The normalized spacial score (nSPS) is 12.3. The van der Waals surface area contributed by atoms with Crippen LogP contribution in [0, 0.1) is 0 Å². The molecule has 0 saturated carbocycles. The van der Waals surface area contributed by atoms with Gasteiger partial charge in [-0.1, -0.05) is 45.0 Å². The zero-order chi connectivity index (χ0) is 19.9. The molecule has 1 heterocycles. The zero-order valence-electron chi connectivity index (χ0n) is 17.3. The lowest BCUT2D eigenvalue weighted by atomic mass is 9.84. The summed E-state index contributed by atoms with van der Waals surface area (Å²) in [7, 11) is 1.69. The topological polar surface area (TPSA) is 71.7 Å². The Hall–Kier alpha value is -2.50. The van der Waals surface area contributed by atoms with Crippen LogP contribution in [0.15, 0.2) is 39.8 Å². The lowest BCUT2D eigenvalue weighted by molar-refractivity contribution is 0.376. The number of nitrogens with zero attached hydrogens (tertiary/aromatic N) is 2. The Bertz CT molecular complexity index is 750. The minimum atomic E-state index is -0.0816. The van der Waals surface area contributed by atoms with Crippen molar-refractivity contribution in [3.8, 4) is 5.75 Å². The first kappa shape index (κ1) is 20.8. The molecule has 1 aromatic heterocycles. The van der Waals surface area contributed by atoms with Crippen LogP contribution in [0.2, 0.25) is 0 Å². The minimum absolute atomic E-state index is 0.0816. The van der Waals surface area contributed by atoms with E-state index in [4.69, 9.17) is 9.26 Å². The molecule has 2 N–H and O–H groups in total. The van der Waals surface area contributed by atoms with Crippen molar-refractivity contribution in [2.75, 3.05) is 20.2 Å². The summed E-state index contributed by atoms with van der Waals surface area (Å²) in [5.41, 5.74) is 2.08. The number of nitrogens with one attached hydrogen (secondary N) is 2. The van der Waals surface area contributed by atoms with Gasteiger partial charge in [-0.3, -0.25) is 0 Å². The predicted octanol–water partition coefficient (Wildman–Crippen LogP) is 3.84. The van der Waals surface area contributed by atoms with E-state index in [9.17, 15) is 0 Å². The Balaban J connectivity index is 2.03. The van der Waals surface area contributed by atoms with E-state index < -0.39 is 0 Å². The van der Waals surface area contributed by atoms with Gasteiger partial charge in [0.2, 0.25) is 0 Å². The fraction of sp³-hybridized carbons (Fsp3) is 0.524. The molecule has 0 aliphatic rings. The molecule has 0 saturated heterocycles. The van der Waals surface area contributed by atoms with Crippen molar-refractivity contribution in [3.63, 3.8) is 0 Å². The zero-order valence-corrected chi connectivity index (χ0v) is 17.3. The standard InChI is InChI=1S/C21H32N4O2/c1-7-22-20(23-13-18-12-19(15(2)3)25-27-18)24-14-21(4,5)16-9-8-10-17(11-16)26-6/h8-12,15H,7,13-14H2,1-6H3,(H2,22,23,24). The molecule has 1 aromatic carbocycles. The molecule has 0 unspecified atom stereocenters. The van der Waals surface area contributed by atoms with Gasteiger partial charge in [-0.2, -0.15) is 0 Å². The molecule has 0 amide bonds. The average Bonchev–Trinajstić information content (AvgIpc) is 3.13. The van der Waals surface area contributed by atoms with Crippen LogP contribution in [0.1, 0.15) is 57.6 Å². The maximum atomic E-state index is 5.37. The van der Waals surface area contributed by atoms with Crippen molar-refractivity contribution in [3.05, 3.63) is 47.3 Å². The maximum Gasteiger partial charge on any atom is 0.191 e. The van der Waals surface area contributed by atoms with Gasteiger partial charge in [0.1, 0.15) is 12.3 Å². The highest BCUT2D eigenvalue weighted by Crippen LogP contribution is 2.25. The second kappa shape index (κ2) is 9.44. The third-order valence-corrected chi connectivity index (χ3v) is 4.45.